The Hall–Kier alpha value is -2.89. The molecule has 2 aromatic carbocycles. The van der Waals surface area contributed by atoms with Crippen molar-refractivity contribution in [3.63, 3.8) is 0 Å². The molecule has 2 aromatic rings. The number of nitrogens with zero attached hydrogens (tertiary/aromatic N) is 1. The molecule has 0 fully saturated rings. The number of rotatable bonds is 8. The second-order valence-electron chi connectivity index (χ2n) is 7.07. The van der Waals surface area contributed by atoms with Gasteiger partial charge in [-0.15, -0.1) is 0 Å². The highest BCUT2D eigenvalue weighted by molar-refractivity contribution is 5.95. The van der Waals surface area contributed by atoms with Gasteiger partial charge in [-0.2, -0.15) is 0 Å². The number of amides is 1. The average molecular weight is 399 g/mol. The van der Waals surface area contributed by atoms with E-state index in [2.05, 4.69) is 35.3 Å². The zero-order valence-corrected chi connectivity index (χ0v) is 17.7. The number of carbonyl (C=O) groups excluding carboxylic acids is 1. The molecule has 0 atom stereocenters. The molecule has 0 spiro atoms. The Morgan fingerprint density at radius 2 is 1.79 bits per heavy atom. The van der Waals surface area contributed by atoms with Crippen molar-refractivity contribution in [3.05, 3.63) is 47.0 Å². The molecule has 1 aliphatic heterocycles. The normalized spacial score (nSPS) is 12.9. The van der Waals surface area contributed by atoms with E-state index in [1.807, 2.05) is 0 Å². The fraction of sp³-hybridized carbons (Fsp3) is 0.435. The minimum Gasteiger partial charge on any atom is -0.493 e. The summed E-state index contributed by atoms with van der Waals surface area (Å²) in [5.74, 6) is 1.24. The Bertz CT molecular complexity index is 841. The lowest BCUT2D eigenvalue weighted by Crippen LogP contribution is -2.29. The van der Waals surface area contributed by atoms with Crippen LogP contribution in [0.1, 0.15) is 34.8 Å². The van der Waals surface area contributed by atoms with E-state index in [0.29, 0.717) is 29.4 Å². The molecule has 0 saturated carbocycles. The SMILES string of the molecule is CCN1CCCc2cc(CCNC(=O)c3cc(OC)c(OC)c(OC)c3)ccc21. The van der Waals surface area contributed by atoms with Crippen LogP contribution in [-0.4, -0.2) is 46.9 Å². The Morgan fingerprint density at radius 1 is 1.07 bits per heavy atom. The Labute approximate surface area is 172 Å². The van der Waals surface area contributed by atoms with Crippen LogP contribution in [0.25, 0.3) is 0 Å². The van der Waals surface area contributed by atoms with Gasteiger partial charge < -0.3 is 24.4 Å². The first-order valence-corrected chi connectivity index (χ1v) is 10.1. The van der Waals surface area contributed by atoms with Crippen molar-refractivity contribution in [2.45, 2.75) is 26.2 Å². The van der Waals surface area contributed by atoms with Gasteiger partial charge in [0.15, 0.2) is 11.5 Å². The van der Waals surface area contributed by atoms with Crippen molar-refractivity contribution in [3.8, 4) is 17.2 Å². The Morgan fingerprint density at radius 3 is 2.41 bits per heavy atom. The van der Waals surface area contributed by atoms with Gasteiger partial charge in [0.1, 0.15) is 0 Å². The summed E-state index contributed by atoms with van der Waals surface area (Å²) < 4.78 is 16.0. The summed E-state index contributed by atoms with van der Waals surface area (Å²) in [6.45, 7) is 4.93. The number of anilines is 1. The average Bonchev–Trinajstić information content (AvgIpc) is 2.77. The lowest BCUT2D eigenvalue weighted by Gasteiger charge is -2.30. The molecule has 0 radical (unpaired) electrons. The largest absolute Gasteiger partial charge is 0.493 e. The first kappa shape index (κ1) is 20.8. The molecular formula is C23H30N2O4. The van der Waals surface area contributed by atoms with E-state index < -0.39 is 0 Å². The molecule has 1 N–H and O–H groups in total. The Balaban J connectivity index is 1.64. The molecule has 6 heteroatoms. The van der Waals surface area contributed by atoms with Gasteiger partial charge in [0.25, 0.3) is 5.91 Å². The second-order valence-corrected chi connectivity index (χ2v) is 7.07. The summed E-state index contributed by atoms with van der Waals surface area (Å²) in [5.41, 5.74) is 4.48. The molecule has 3 rings (SSSR count). The van der Waals surface area contributed by atoms with Gasteiger partial charge in [-0.25, -0.2) is 0 Å². The third kappa shape index (κ3) is 4.58. The zero-order valence-electron chi connectivity index (χ0n) is 17.7. The summed E-state index contributed by atoms with van der Waals surface area (Å²) in [6.07, 6.45) is 3.11. The molecule has 1 heterocycles. The summed E-state index contributed by atoms with van der Waals surface area (Å²) in [4.78, 5) is 15.0. The molecule has 1 aliphatic rings. The van der Waals surface area contributed by atoms with E-state index in [1.165, 1.54) is 37.5 Å². The Kier molecular flexibility index (Phi) is 6.86. The molecule has 1 amide bonds. The molecule has 0 saturated heterocycles. The molecule has 0 aliphatic carbocycles. The van der Waals surface area contributed by atoms with Gasteiger partial charge in [-0.3, -0.25) is 4.79 Å². The van der Waals surface area contributed by atoms with E-state index >= 15 is 0 Å². The first-order chi connectivity index (χ1) is 14.1. The first-order valence-electron chi connectivity index (χ1n) is 10.1. The molecule has 0 bridgehead atoms. The highest BCUT2D eigenvalue weighted by atomic mass is 16.5. The third-order valence-corrected chi connectivity index (χ3v) is 5.37. The van der Waals surface area contributed by atoms with Crippen LogP contribution in [0, 0.1) is 0 Å². The summed E-state index contributed by atoms with van der Waals surface area (Å²) >= 11 is 0. The number of ether oxygens (including phenoxy) is 3. The van der Waals surface area contributed by atoms with Gasteiger partial charge in [-0.1, -0.05) is 12.1 Å². The zero-order chi connectivity index (χ0) is 20.8. The van der Waals surface area contributed by atoms with Gasteiger partial charge in [0.05, 0.1) is 21.3 Å². The van der Waals surface area contributed by atoms with Gasteiger partial charge in [-0.05, 0) is 55.5 Å². The van der Waals surface area contributed by atoms with Crippen LogP contribution < -0.4 is 24.4 Å². The van der Waals surface area contributed by atoms with Crippen LogP contribution in [0.3, 0.4) is 0 Å². The van der Waals surface area contributed by atoms with E-state index in [1.54, 1.807) is 19.2 Å². The minimum atomic E-state index is -0.167. The molecule has 29 heavy (non-hydrogen) atoms. The van der Waals surface area contributed by atoms with E-state index in [9.17, 15) is 4.79 Å². The van der Waals surface area contributed by atoms with Crippen molar-refractivity contribution in [2.75, 3.05) is 45.9 Å². The number of aryl methyl sites for hydroxylation is 1. The lowest BCUT2D eigenvalue weighted by atomic mass is 9.98. The maximum Gasteiger partial charge on any atom is 0.251 e. The molecule has 0 aromatic heterocycles. The lowest BCUT2D eigenvalue weighted by molar-refractivity contribution is 0.0953. The van der Waals surface area contributed by atoms with E-state index in [4.69, 9.17) is 14.2 Å². The third-order valence-electron chi connectivity index (χ3n) is 5.37. The van der Waals surface area contributed by atoms with Crippen LogP contribution in [0.2, 0.25) is 0 Å². The van der Waals surface area contributed by atoms with Crippen molar-refractivity contribution in [2.24, 2.45) is 0 Å². The van der Waals surface area contributed by atoms with Crippen molar-refractivity contribution >= 4 is 11.6 Å². The predicted molar refractivity (Wildman–Crippen MR) is 115 cm³/mol. The number of carbonyl (C=O) groups is 1. The van der Waals surface area contributed by atoms with Crippen LogP contribution >= 0.6 is 0 Å². The maximum absolute atomic E-state index is 12.6. The van der Waals surface area contributed by atoms with Crippen LogP contribution in [0.15, 0.2) is 30.3 Å². The number of hydrogen-bond acceptors (Lipinski definition) is 5. The summed E-state index contributed by atoms with van der Waals surface area (Å²) in [5, 5.41) is 2.99. The predicted octanol–water partition coefficient (Wildman–Crippen LogP) is 3.46. The van der Waals surface area contributed by atoms with Crippen LogP contribution in [0.4, 0.5) is 5.69 Å². The second kappa shape index (κ2) is 9.54. The van der Waals surface area contributed by atoms with Crippen molar-refractivity contribution < 1.29 is 19.0 Å². The maximum atomic E-state index is 12.6. The minimum absolute atomic E-state index is 0.167. The van der Waals surface area contributed by atoms with E-state index in [0.717, 1.165) is 25.9 Å². The highest BCUT2D eigenvalue weighted by Crippen LogP contribution is 2.38. The number of nitrogens with one attached hydrogen (secondary N) is 1. The molecular weight excluding hydrogens is 368 g/mol. The van der Waals surface area contributed by atoms with Crippen molar-refractivity contribution in [1.82, 2.24) is 5.32 Å². The fourth-order valence-electron chi connectivity index (χ4n) is 3.85. The quantitative estimate of drug-likeness (QED) is 0.738. The topological polar surface area (TPSA) is 60.0 Å². The van der Waals surface area contributed by atoms with Crippen molar-refractivity contribution in [1.29, 1.82) is 0 Å². The summed E-state index contributed by atoms with van der Waals surface area (Å²) in [6, 6.07) is 9.99. The van der Waals surface area contributed by atoms with E-state index in [-0.39, 0.29) is 5.91 Å². The van der Waals surface area contributed by atoms with Crippen LogP contribution in [0.5, 0.6) is 17.2 Å². The monoisotopic (exact) mass is 398 g/mol. The number of benzene rings is 2. The highest BCUT2D eigenvalue weighted by Gasteiger charge is 2.18. The molecule has 156 valence electrons. The standard InChI is InChI=1S/C23H30N2O4/c1-5-25-12-6-7-17-13-16(8-9-19(17)25)10-11-24-23(26)18-14-20(27-2)22(29-4)21(15-18)28-3/h8-9,13-15H,5-7,10-12H2,1-4H3,(H,24,26). The molecule has 6 nitrogen and oxygen atoms in total. The van der Waals surface area contributed by atoms with Gasteiger partial charge in [0.2, 0.25) is 5.75 Å². The molecule has 0 unspecified atom stereocenters. The number of methoxy groups -OCH3 is 3. The number of hydrogen-bond donors (Lipinski definition) is 1. The number of fused-ring (bicyclic) bond motifs is 1. The van der Waals surface area contributed by atoms with Crippen LogP contribution in [-0.2, 0) is 12.8 Å². The van der Waals surface area contributed by atoms with Gasteiger partial charge >= 0.3 is 0 Å². The summed E-state index contributed by atoms with van der Waals surface area (Å²) in [7, 11) is 4.61. The fourth-order valence-corrected chi connectivity index (χ4v) is 3.85. The smallest absolute Gasteiger partial charge is 0.251 e. The van der Waals surface area contributed by atoms with Gasteiger partial charge in [0, 0.05) is 30.9 Å².